The lowest BCUT2D eigenvalue weighted by molar-refractivity contribution is 0.211. The van der Waals surface area contributed by atoms with E-state index in [4.69, 9.17) is 15.2 Å². The van der Waals surface area contributed by atoms with E-state index >= 15 is 0 Å². The Kier molecular flexibility index (Phi) is 4.63. The quantitative estimate of drug-likeness (QED) is 0.674. The fourth-order valence-corrected chi connectivity index (χ4v) is 1.84. The number of rotatable bonds is 5. The van der Waals surface area contributed by atoms with Gasteiger partial charge >= 0.3 is 0 Å². The first-order valence-corrected chi connectivity index (χ1v) is 6.50. The molecule has 100 valence electrons. The van der Waals surface area contributed by atoms with Crippen molar-refractivity contribution in [2.24, 2.45) is 0 Å². The maximum atomic E-state index is 13.4. The molecule has 2 N–H and O–H groups in total. The summed E-state index contributed by atoms with van der Waals surface area (Å²) in [5, 5.41) is 0. The van der Waals surface area contributed by atoms with Crippen LogP contribution in [-0.2, 0) is 0 Å². The standard InChI is InChI=1S/C14H13BrFNO2/c15-10-4-5-13(16)14(8-10)19-7-6-18-12-3-1-2-11(17)9-12/h1-5,8-9H,6-7,17H2. The topological polar surface area (TPSA) is 44.5 Å². The van der Waals surface area contributed by atoms with Crippen molar-refractivity contribution in [2.45, 2.75) is 0 Å². The highest BCUT2D eigenvalue weighted by molar-refractivity contribution is 9.10. The molecule has 0 atom stereocenters. The average molecular weight is 326 g/mol. The van der Waals surface area contributed by atoms with Gasteiger partial charge < -0.3 is 15.2 Å². The molecule has 0 aromatic heterocycles. The molecule has 0 aliphatic rings. The summed E-state index contributed by atoms with van der Waals surface area (Å²) in [5.41, 5.74) is 6.26. The van der Waals surface area contributed by atoms with Crippen molar-refractivity contribution in [3.8, 4) is 11.5 Å². The van der Waals surface area contributed by atoms with Gasteiger partial charge in [0.15, 0.2) is 11.6 Å². The Morgan fingerprint density at radius 2 is 1.84 bits per heavy atom. The number of anilines is 1. The fraction of sp³-hybridized carbons (Fsp3) is 0.143. The van der Waals surface area contributed by atoms with Gasteiger partial charge in [-0.25, -0.2) is 4.39 Å². The minimum atomic E-state index is -0.396. The monoisotopic (exact) mass is 325 g/mol. The molecule has 3 nitrogen and oxygen atoms in total. The van der Waals surface area contributed by atoms with Crippen LogP contribution in [0.2, 0.25) is 0 Å². The van der Waals surface area contributed by atoms with E-state index in [1.54, 1.807) is 36.4 Å². The van der Waals surface area contributed by atoms with E-state index in [1.807, 2.05) is 0 Å². The first kappa shape index (κ1) is 13.7. The second kappa shape index (κ2) is 6.43. The summed E-state index contributed by atoms with van der Waals surface area (Å²) >= 11 is 3.26. The zero-order valence-corrected chi connectivity index (χ0v) is 11.7. The average Bonchev–Trinajstić information content (AvgIpc) is 2.39. The van der Waals surface area contributed by atoms with E-state index in [2.05, 4.69) is 15.9 Å². The van der Waals surface area contributed by atoms with Gasteiger partial charge in [0.1, 0.15) is 19.0 Å². The number of hydrogen-bond acceptors (Lipinski definition) is 3. The number of nitrogen functional groups attached to an aromatic ring is 1. The Bertz CT molecular complexity index is 563. The molecule has 0 heterocycles. The molecule has 2 rings (SSSR count). The summed E-state index contributed by atoms with van der Waals surface area (Å²) in [6.45, 7) is 0.567. The Morgan fingerprint density at radius 1 is 1.05 bits per heavy atom. The third-order valence-electron chi connectivity index (χ3n) is 2.36. The van der Waals surface area contributed by atoms with Gasteiger partial charge in [-0.05, 0) is 30.3 Å². The predicted molar refractivity (Wildman–Crippen MR) is 75.9 cm³/mol. The lowest BCUT2D eigenvalue weighted by Gasteiger charge is -2.09. The van der Waals surface area contributed by atoms with Gasteiger partial charge in [-0.2, -0.15) is 0 Å². The molecule has 0 spiro atoms. The molecule has 0 amide bonds. The molecule has 19 heavy (non-hydrogen) atoms. The van der Waals surface area contributed by atoms with Gasteiger partial charge in [0.2, 0.25) is 0 Å². The molecule has 5 heteroatoms. The molecule has 0 bridgehead atoms. The summed E-state index contributed by atoms with van der Waals surface area (Å²) < 4.78 is 24.9. The van der Waals surface area contributed by atoms with Crippen molar-refractivity contribution in [1.29, 1.82) is 0 Å². The fourth-order valence-electron chi connectivity index (χ4n) is 1.50. The Labute approximate surface area is 119 Å². The Morgan fingerprint density at radius 3 is 2.63 bits per heavy atom. The van der Waals surface area contributed by atoms with Crippen LogP contribution in [0.25, 0.3) is 0 Å². The number of ether oxygens (including phenoxy) is 2. The minimum absolute atomic E-state index is 0.200. The SMILES string of the molecule is Nc1cccc(OCCOc2cc(Br)ccc2F)c1. The van der Waals surface area contributed by atoms with Crippen molar-refractivity contribution in [3.05, 3.63) is 52.8 Å². The van der Waals surface area contributed by atoms with Gasteiger partial charge in [0.25, 0.3) is 0 Å². The molecule has 0 saturated carbocycles. The lowest BCUT2D eigenvalue weighted by Crippen LogP contribution is -2.09. The molecule has 0 aliphatic carbocycles. The van der Waals surface area contributed by atoms with Gasteiger partial charge in [-0.15, -0.1) is 0 Å². The Hall–Kier alpha value is -1.75. The van der Waals surface area contributed by atoms with Crippen LogP contribution in [-0.4, -0.2) is 13.2 Å². The molecular weight excluding hydrogens is 313 g/mol. The number of hydrogen-bond donors (Lipinski definition) is 1. The zero-order chi connectivity index (χ0) is 13.7. The van der Waals surface area contributed by atoms with E-state index in [9.17, 15) is 4.39 Å². The summed E-state index contributed by atoms with van der Waals surface area (Å²) in [4.78, 5) is 0. The lowest BCUT2D eigenvalue weighted by atomic mass is 10.3. The second-order valence-electron chi connectivity index (χ2n) is 3.84. The van der Waals surface area contributed by atoms with Gasteiger partial charge in [-0.3, -0.25) is 0 Å². The molecule has 2 aromatic rings. The van der Waals surface area contributed by atoms with Crippen LogP contribution in [0.3, 0.4) is 0 Å². The first-order valence-electron chi connectivity index (χ1n) is 5.71. The van der Waals surface area contributed by atoms with E-state index in [-0.39, 0.29) is 12.4 Å². The van der Waals surface area contributed by atoms with Crippen molar-refractivity contribution in [3.63, 3.8) is 0 Å². The van der Waals surface area contributed by atoms with Crippen LogP contribution < -0.4 is 15.2 Å². The van der Waals surface area contributed by atoms with Crippen molar-refractivity contribution >= 4 is 21.6 Å². The maximum absolute atomic E-state index is 13.4. The van der Waals surface area contributed by atoms with Crippen LogP contribution in [0.4, 0.5) is 10.1 Å². The summed E-state index contributed by atoms with van der Waals surface area (Å²) in [6, 6.07) is 11.6. The van der Waals surface area contributed by atoms with Crippen LogP contribution >= 0.6 is 15.9 Å². The molecule has 0 unspecified atom stereocenters. The molecule has 0 aliphatic heterocycles. The van der Waals surface area contributed by atoms with Crippen molar-refractivity contribution < 1.29 is 13.9 Å². The predicted octanol–water partition coefficient (Wildman–Crippen LogP) is 3.63. The van der Waals surface area contributed by atoms with Crippen molar-refractivity contribution in [1.82, 2.24) is 0 Å². The summed E-state index contributed by atoms with van der Waals surface area (Å²) in [6.07, 6.45) is 0. The van der Waals surface area contributed by atoms with Crippen LogP contribution in [0.15, 0.2) is 46.9 Å². The highest BCUT2D eigenvalue weighted by Gasteiger charge is 2.03. The number of benzene rings is 2. The molecule has 0 fully saturated rings. The largest absolute Gasteiger partial charge is 0.490 e. The highest BCUT2D eigenvalue weighted by atomic mass is 79.9. The summed E-state index contributed by atoms with van der Waals surface area (Å²) in [5.74, 6) is 0.469. The van der Waals surface area contributed by atoms with Crippen LogP contribution in [0.1, 0.15) is 0 Å². The van der Waals surface area contributed by atoms with E-state index < -0.39 is 5.82 Å². The third-order valence-corrected chi connectivity index (χ3v) is 2.85. The number of halogens is 2. The molecule has 0 saturated heterocycles. The molecule has 0 radical (unpaired) electrons. The zero-order valence-electron chi connectivity index (χ0n) is 10.1. The van der Waals surface area contributed by atoms with E-state index in [0.717, 1.165) is 4.47 Å². The van der Waals surface area contributed by atoms with Crippen LogP contribution in [0, 0.1) is 5.82 Å². The van der Waals surface area contributed by atoms with Gasteiger partial charge in [0, 0.05) is 16.2 Å². The first-order chi connectivity index (χ1) is 9.15. The third kappa shape index (κ3) is 4.13. The smallest absolute Gasteiger partial charge is 0.165 e. The van der Waals surface area contributed by atoms with E-state index in [1.165, 1.54) is 6.07 Å². The molecule has 2 aromatic carbocycles. The highest BCUT2D eigenvalue weighted by Crippen LogP contribution is 2.22. The van der Waals surface area contributed by atoms with Crippen LogP contribution in [0.5, 0.6) is 11.5 Å². The van der Waals surface area contributed by atoms with Gasteiger partial charge in [0.05, 0.1) is 0 Å². The number of nitrogens with two attached hydrogens (primary N) is 1. The normalized spacial score (nSPS) is 10.2. The van der Waals surface area contributed by atoms with Crippen molar-refractivity contribution in [2.75, 3.05) is 18.9 Å². The second-order valence-corrected chi connectivity index (χ2v) is 4.76. The minimum Gasteiger partial charge on any atom is -0.490 e. The molecular formula is C14H13BrFNO2. The summed E-state index contributed by atoms with van der Waals surface area (Å²) in [7, 11) is 0. The van der Waals surface area contributed by atoms with Gasteiger partial charge in [-0.1, -0.05) is 22.0 Å². The van der Waals surface area contributed by atoms with E-state index in [0.29, 0.717) is 18.0 Å². The maximum Gasteiger partial charge on any atom is 0.165 e. The Balaban J connectivity index is 1.82.